The number of thiophene rings is 1. The summed E-state index contributed by atoms with van der Waals surface area (Å²) in [4.78, 5) is 21.1. The lowest BCUT2D eigenvalue weighted by atomic mass is 10.2. The van der Waals surface area contributed by atoms with Gasteiger partial charge in [-0.25, -0.2) is 13.4 Å². The van der Waals surface area contributed by atoms with Gasteiger partial charge in [0.2, 0.25) is 5.91 Å². The number of aromatic nitrogens is 2. The third-order valence-electron chi connectivity index (χ3n) is 4.27. The summed E-state index contributed by atoms with van der Waals surface area (Å²) in [5, 5.41) is 6.79. The largest absolute Gasteiger partial charge is 0.301 e. The number of rotatable bonds is 5. The molecule has 1 amide bonds. The Morgan fingerprint density at radius 2 is 2.04 bits per heavy atom. The van der Waals surface area contributed by atoms with Crippen molar-refractivity contribution in [3.05, 3.63) is 47.4 Å². The lowest BCUT2D eigenvalue weighted by Crippen LogP contribution is -2.42. The summed E-state index contributed by atoms with van der Waals surface area (Å²) in [7, 11) is -3.65. The van der Waals surface area contributed by atoms with Gasteiger partial charge in [0.1, 0.15) is 10.3 Å². The highest BCUT2D eigenvalue weighted by atomic mass is 32.2. The lowest BCUT2D eigenvalue weighted by molar-refractivity contribution is -0.119. The van der Waals surface area contributed by atoms with E-state index < -0.39 is 16.1 Å². The summed E-state index contributed by atoms with van der Waals surface area (Å²) >= 11 is 2.47. The van der Waals surface area contributed by atoms with Crippen LogP contribution in [0.3, 0.4) is 0 Å². The average Bonchev–Trinajstić information content (AvgIpc) is 3.42. The molecule has 0 spiro atoms. The molecule has 1 atom stereocenters. The van der Waals surface area contributed by atoms with E-state index in [1.807, 2.05) is 17.5 Å². The maximum absolute atomic E-state index is 12.8. The molecule has 1 fully saturated rings. The zero-order chi connectivity index (χ0) is 18.9. The molecule has 0 radical (unpaired) electrons. The number of carbonyl (C=O) groups excluding carboxylic acids is 1. The van der Waals surface area contributed by atoms with Crippen LogP contribution in [0.25, 0.3) is 11.3 Å². The molecule has 27 heavy (non-hydrogen) atoms. The molecule has 1 aliphatic rings. The van der Waals surface area contributed by atoms with Gasteiger partial charge in [0.15, 0.2) is 5.13 Å². The summed E-state index contributed by atoms with van der Waals surface area (Å²) < 4.78 is 27.1. The summed E-state index contributed by atoms with van der Waals surface area (Å²) in [6, 6.07) is 6.22. The number of amides is 1. The standard InChI is InChI=1S/C17H16N4O3S3/c22-16(20-17-19-13(11-26-17)12-5-7-18-8-6-12)14-3-1-9-21(14)27(23,24)15-4-2-10-25-15/h2,4-8,10-11,14H,1,3,9H2,(H,19,20,22)/t14-/m0/s1. The highest BCUT2D eigenvalue weighted by molar-refractivity contribution is 7.91. The molecule has 7 nitrogen and oxygen atoms in total. The Morgan fingerprint density at radius 1 is 1.22 bits per heavy atom. The van der Waals surface area contributed by atoms with Gasteiger partial charge in [0, 0.05) is 29.9 Å². The van der Waals surface area contributed by atoms with Gasteiger partial charge in [-0.05, 0) is 36.4 Å². The van der Waals surface area contributed by atoms with Gasteiger partial charge >= 0.3 is 0 Å². The summed E-state index contributed by atoms with van der Waals surface area (Å²) in [6.07, 6.45) is 4.51. The molecule has 0 aromatic carbocycles. The highest BCUT2D eigenvalue weighted by Gasteiger charge is 2.40. The fourth-order valence-corrected chi connectivity index (χ4v) is 6.49. The van der Waals surface area contributed by atoms with Gasteiger partial charge in [-0.1, -0.05) is 6.07 Å². The monoisotopic (exact) mass is 420 g/mol. The molecule has 0 bridgehead atoms. The number of pyridine rings is 1. The van der Waals surface area contributed by atoms with Crippen LogP contribution < -0.4 is 5.32 Å². The van der Waals surface area contributed by atoms with E-state index in [1.165, 1.54) is 15.6 Å². The van der Waals surface area contributed by atoms with E-state index >= 15 is 0 Å². The SMILES string of the molecule is O=C(Nc1nc(-c2ccncc2)cs1)[C@@H]1CCCN1S(=O)(=O)c1cccs1. The number of nitrogens with one attached hydrogen (secondary N) is 1. The van der Waals surface area contributed by atoms with Crippen molar-refractivity contribution in [1.82, 2.24) is 14.3 Å². The molecule has 0 unspecified atom stereocenters. The molecule has 140 valence electrons. The van der Waals surface area contributed by atoms with Gasteiger partial charge < -0.3 is 5.32 Å². The Balaban J connectivity index is 1.50. The van der Waals surface area contributed by atoms with Crippen molar-refractivity contribution in [2.24, 2.45) is 0 Å². The second kappa shape index (κ2) is 7.47. The fourth-order valence-electron chi connectivity index (χ4n) is 2.99. The van der Waals surface area contributed by atoms with Gasteiger partial charge in [-0.2, -0.15) is 4.31 Å². The number of thiazole rings is 1. The van der Waals surface area contributed by atoms with E-state index in [9.17, 15) is 13.2 Å². The molecule has 3 aromatic rings. The Kier molecular flexibility index (Phi) is 5.04. The van der Waals surface area contributed by atoms with Crippen LogP contribution >= 0.6 is 22.7 Å². The van der Waals surface area contributed by atoms with Crippen molar-refractivity contribution in [2.75, 3.05) is 11.9 Å². The van der Waals surface area contributed by atoms with E-state index in [-0.39, 0.29) is 10.1 Å². The first-order valence-electron chi connectivity index (χ1n) is 8.28. The number of nitrogens with zero attached hydrogens (tertiary/aromatic N) is 3. The van der Waals surface area contributed by atoms with Crippen LogP contribution in [-0.4, -0.2) is 41.2 Å². The van der Waals surface area contributed by atoms with Crippen LogP contribution in [0, 0.1) is 0 Å². The quantitative estimate of drug-likeness (QED) is 0.685. The van der Waals surface area contributed by atoms with Gasteiger partial charge in [0.05, 0.1) is 5.69 Å². The molecular formula is C17H16N4O3S3. The van der Waals surface area contributed by atoms with Crippen LogP contribution in [0.1, 0.15) is 12.8 Å². The van der Waals surface area contributed by atoms with E-state index in [1.54, 1.807) is 29.9 Å². The van der Waals surface area contributed by atoms with Crippen molar-refractivity contribution < 1.29 is 13.2 Å². The summed E-state index contributed by atoms with van der Waals surface area (Å²) in [6.45, 7) is 0.346. The van der Waals surface area contributed by atoms with Crippen LogP contribution in [0.15, 0.2) is 51.6 Å². The first-order valence-corrected chi connectivity index (χ1v) is 11.5. The minimum absolute atomic E-state index is 0.261. The normalized spacial score (nSPS) is 17.9. The van der Waals surface area contributed by atoms with E-state index in [2.05, 4.69) is 15.3 Å². The van der Waals surface area contributed by atoms with Crippen LogP contribution in [0.2, 0.25) is 0 Å². The minimum Gasteiger partial charge on any atom is -0.301 e. The van der Waals surface area contributed by atoms with Crippen LogP contribution in [0.4, 0.5) is 5.13 Å². The Labute approximate surface area is 164 Å². The van der Waals surface area contributed by atoms with E-state index in [4.69, 9.17) is 0 Å². The van der Waals surface area contributed by atoms with Crippen molar-refractivity contribution in [1.29, 1.82) is 0 Å². The Hall–Kier alpha value is -2.14. The predicted octanol–water partition coefficient (Wildman–Crippen LogP) is 3.06. The predicted molar refractivity (Wildman–Crippen MR) is 105 cm³/mol. The molecule has 3 aromatic heterocycles. The van der Waals surface area contributed by atoms with Gasteiger partial charge in [0.25, 0.3) is 10.0 Å². The topological polar surface area (TPSA) is 92.3 Å². The zero-order valence-corrected chi connectivity index (χ0v) is 16.6. The summed E-state index contributed by atoms with van der Waals surface area (Å²) in [5.74, 6) is -0.344. The smallest absolute Gasteiger partial charge is 0.253 e. The zero-order valence-electron chi connectivity index (χ0n) is 14.1. The molecule has 10 heteroatoms. The van der Waals surface area contributed by atoms with Crippen molar-refractivity contribution in [3.8, 4) is 11.3 Å². The van der Waals surface area contributed by atoms with E-state index in [0.717, 1.165) is 22.6 Å². The maximum Gasteiger partial charge on any atom is 0.253 e. The molecular weight excluding hydrogens is 404 g/mol. The first kappa shape index (κ1) is 18.2. The van der Waals surface area contributed by atoms with E-state index in [0.29, 0.717) is 24.5 Å². The molecule has 1 N–H and O–H groups in total. The number of carbonyl (C=O) groups is 1. The second-order valence-electron chi connectivity index (χ2n) is 5.97. The van der Waals surface area contributed by atoms with Crippen LogP contribution in [-0.2, 0) is 14.8 Å². The molecule has 4 rings (SSSR count). The maximum atomic E-state index is 12.8. The summed E-state index contributed by atoms with van der Waals surface area (Å²) in [5.41, 5.74) is 1.65. The number of sulfonamides is 1. The van der Waals surface area contributed by atoms with Crippen LogP contribution in [0.5, 0.6) is 0 Å². The lowest BCUT2D eigenvalue weighted by Gasteiger charge is -2.22. The van der Waals surface area contributed by atoms with Gasteiger partial charge in [-0.3, -0.25) is 9.78 Å². The molecule has 1 aliphatic heterocycles. The number of anilines is 1. The van der Waals surface area contributed by atoms with Crippen molar-refractivity contribution in [2.45, 2.75) is 23.1 Å². The fraction of sp³-hybridized carbons (Fsp3) is 0.235. The first-order chi connectivity index (χ1) is 13.1. The molecule has 1 saturated heterocycles. The minimum atomic E-state index is -3.65. The van der Waals surface area contributed by atoms with Gasteiger partial charge in [-0.15, -0.1) is 22.7 Å². The molecule has 0 aliphatic carbocycles. The third kappa shape index (κ3) is 3.65. The molecule has 4 heterocycles. The average molecular weight is 421 g/mol. The third-order valence-corrected chi connectivity index (χ3v) is 8.31. The highest BCUT2D eigenvalue weighted by Crippen LogP contribution is 2.30. The number of hydrogen-bond acceptors (Lipinski definition) is 7. The van der Waals surface area contributed by atoms with Crippen molar-refractivity contribution >= 4 is 43.7 Å². The van der Waals surface area contributed by atoms with Crippen molar-refractivity contribution in [3.63, 3.8) is 0 Å². The number of hydrogen-bond donors (Lipinski definition) is 1. The Bertz CT molecular complexity index is 1030. The Morgan fingerprint density at radius 3 is 2.78 bits per heavy atom. The molecule has 0 saturated carbocycles. The second-order valence-corrected chi connectivity index (χ2v) is 9.89.